The minimum Gasteiger partial charge on any atom is -0.458 e. The van der Waals surface area contributed by atoms with Crippen LogP contribution in [0.3, 0.4) is 0 Å². The summed E-state index contributed by atoms with van der Waals surface area (Å²) in [6.45, 7) is 13.8. The van der Waals surface area contributed by atoms with Crippen LogP contribution < -0.4 is 0 Å². The molecule has 5 nitrogen and oxygen atoms in total. The van der Waals surface area contributed by atoms with Crippen molar-refractivity contribution in [2.45, 2.75) is 136 Å². The van der Waals surface area contributed by atoms with Crippen LogP contribution >= 0.6 is 0 Å². The van der Waals surface area contributed by atoms with Gasteiger partial charge in [0, 0.05) is 13.8 Å². The molecule has 0 aromatic heterocycles. The highest BCUT2D eigenvalue weighted by Crippen LogP contribution is 2.28. The van der Waals surface area contributed by atoms with Crippen LogP contribution in [0.15, 0.2) is 12.2 Å². The van der Waals surface area contributed by atoms with E-state index in [1.807, 2.05) is 12.2 Å². The van der Waals surface area contributed by atoms with E-state index in [0.717, 1.165) is 69.5 Å². The quantitative estimate of drug-likeness (QED) is 0.0965. The SMILES string of the molecule is CCCCC[C@H](/C=C/[C@@H](OC(C)=O)[C@@H](CCCCC)O[Si](CC)(CC)CC)OC(C)=O. The van der Waals surface area contributed by atoms with Gasteiger partial charge in [-0.1, -0.05) is 66.7 Å². The number of hydrogen-bond acceptors (Lipinski definition) is 5. The standard InChI is InChI=1S/C25H48O5Si/c1-8-13-15-17-23(28-21(6)26)19-20-24(29-22(7)27)25(18-16-14-9-2)30-31(10-3,11-4)12-5/h19-20,23-25H,8-18H2,1-7H3/b20-19+/t23-,24-,25-/m1/s1. The van der Waals surface area contributed by atoms with E-state index in [0.29, 0.717) is 0 Å². The second kappa shape index (κ2) is 17.4. The van der Waals surface area contributed by atoms with Crippen LogP contribution in [0.25, 0.3) is 0 Å². The molecular weight excluding hydrogens is 408 g/mol. The first-order chi connectivity index (χ1) is 14.8. The largest absolute Gasteiger partial charge is 0.458 e. The number of ether oxygens (including phenoxy) is 2. The Labute approximate surface area is 192 Å². The fraction of sp³-hybridized carbons (Fsp3) is 0.840. The number of hydrogen-bond donors (Lipinski definition) is 0. The lowest BCUT2D eigenvalue weighted by molar-refractivity contribution is -0.149. The molecule has 0 aromatic rings. The molecule has 6 heteroatoms. The Kier molecular flexibility index (Phi) is 16.8. The van der Waals surface area contributed by atoms with Gasteiger partial charge in [0.1, 0.15) is 12.2 Å². The highest BCUT2D eigenvalue weighted by Gasteiger charge is 2.35. The summed E-state index contributed by atoms with van der Waals surface area (Å²) in [5, 5.41) is 0. The van der Waals surface area contributed by atoms with Gasteiger partial charge < -0.3 is 13.9 Å². The Morgan fingerprint density at radius 1 is 0.742 bits per heavy atom. The fourth-order valence-corrected chi connectivity index (χ4v) is 6.77. The van der Waals surface area contributed by atoms with E-state index in [-0.39, 0.29) is 24.1 Å². The van der Waals surface area contributed by atoms with Crippen molar-refractivity contribution in [1.82, 2.24) is 0 Å². The summed E-state index contributed by atoms with van der Waals surface area (Å²) in [5.41, 5.74) is 0. The Hall–Kier alpha value is -1.14. The third kappa shape index (κ3) is 13.1. The van der Waals surface area contributed by atoms with Gasteiger partial charge in [-0.25, -0.2) is 0 Å². The molecule has 0 aliphatic heterocycles. The van der Waals surface area contributed by atoms with E-state index < -0.39 is 14.4 Å². The van der Waals surface area contributed by atoms with Gasteiger partial charge in [-0.05, 0) is 49.5 Å². The van der Waals surface area contributed by atoms with Crippen molar-refractivity contribution in [3.63, 3.8) is 0 Å². The van der Waals surface area contributed by atoms with Crippen LogP contribution in [0.5, 0.6) is 0 Å². The fourth-order valence-electron chi connectivity index (χ4n) is 3.87. The van der Waals surface area contributed by atoms with E-state index in [1.54, 1.807) is 0 Å². The normalized spacial score (nSPS) is 14.9. The smallest absolute Gasteiger partial charge is 0.303 e. The summed E-state index contributed by atoms with van der Waals surface area (Å²) >= 11 is 0. The Morgan fingerprint density at radius 3 is 1.71 bits per heavy atom. The molecule has 0 spiro atoms. The van der Waals surface area contributed by atoms with Crippen molar-refractivity contribution in [3.8, 4) is 0 Å². The molecule has 0 bridgehead atoms. The van der Waals surface area contributed by atoms with Crippen molar-refractivity contribution in [2.75, 3.05) is 0 Å². The molecule has 0 aliphatic rings. The zero-order valence-corrected chi connectivity index (χ0v) is 22.2. The van der Waals surface area contributed by atoms with Crippen LogP contribution in [0, 0.1) is 0 Å². The number of esters is 2. The molecule has 0 heterocycles. The van der Waals surface area contributed by atoms with Gasteiger partial charge in [-0.2, -0.15) is 0 Å². The first-order valence-electron chi connectivity index (χ1n) is 12.5. The zero-order chi connectivity index (χ0) is 23.7. The molecule has 0 amide bonds. The molecule has 31 heavy (non-hydrogen) atoms. The summed E-state index contributed by atoms with van der Waals surface area (Å²) in [4.78, 5) is 23.5. The first kappa shape index (κ1) is 29.9. The van der Waals surface area contributed by atoms with Crippen molar-refractivity contribution in [2.24, 2.45) is 0 Å². The van der Waals surface area contributed by atoms with Crippen LogP contribution in [0.2, 0.25) is 18.1 Å². The van der Waals surface area contributed by atoms with Crippen LogP contribution in [0.1, 0.15) is 99.8 Å². The van der Waals surface area contributed by atoms with E-state index in [1.165, 1.54) is 13.8 Å². The van der Waals surface area contributed by atoms with Gasteiger partial charge in [-0.3, -0.25) is 9.59 Å². The van der Waals surface area contributed by atoms with Gasteiger partial charge in [-0.15, -0.1) is 0 Å². The minimum absolute atomic E-state index is 0.160. The minimum atomic E-state index is -1.87. The Bertz CT molecular complexity index is 508. The van der Waals surface area contributed by atoms with E-state index in [2.05, 4.69) is 34.6 Å². The predicted octanol–water partition coefficient (Wildman–Crippen LogP) is 6.96. The van der Waals surface area contributed by atoms with Gasteiger partial charge >= 0.3 is 11.9 Å². The zero-order valence-electron chi connectivity index (χ0n) is 21.2. The van der Waals surface area contributed by atoms with Crippen molar-refractivity contribution < 1.29 is 23.5 Å². The van der Waals surface area contributed by atoms with Gasteiger partial charge in [0.05, 0.1) is 6.10 Å². The Balaban J connectivity index is 5.69. The molecule has 0 aliphatic carbocycles. The number of carbonyl (C=O) groups is 2. The molecule has 3 atom stereocenters. The van der Waals surface area contributed by atoms with Crippen molar-refractivity contribution in [1.29, 1.82) is 0 Å². The highest BCUT2D eigenvalue weighted by molar-refractivity contribution is 6.73. The summed E-state index contributed by atoms with van der Waals surface area (Å²) in [5.74, 6) is -0.606. The van der Waals surface area contributed by atoms with Crippen LogP contribution in [0.4, 0.5) is 0 Å². The topological polar surface area (TPSA) is 61.8 Å². The van der Waals surface area contributed by atoms with Gasteiger partial charge in [0.25, 0.3) is 0 Å². The summed E-state index contributed by atoms with van der Waals surface area (Å²) < 4.78 is 18.0. The monoisotopic (exact) mass is 456 g/mol. The summed E-state index contributed by atoms with van der Waals surface area (Å²) in [6, 6.07) is 3.15. The molecule has 0 rings (SSSR count). The summed E-state index contributed by atoms with van der Waals surface area (Å²) in [7, 11) is -1.87. The predicted molar refractivity (Wildman–Crippen MR) is 131 cm³/mol. The lowest BCUT2D eigenvalue weighted by Gasteiger charge is -2.36. The third-order valence-electron chi connectivity index (χ3n) is 6.02. The highest BCUT2D eigenvalue weighted by atomic mass is 28.4. The van der Waals surface area contributed by atoms with Crippen molar-refractivity contribution in [3.05, 3.63) is 12.2 Å². The molecule has 0 aromatic carbocycles. The van der Waals surface area contributed by atoms with Crippen LogP contribution in [-0.2, 0) is 23.5 Å². The second-order valence-corrected chi connectivity index (χ2v) is 13.2. The second-order valence-electron chi connectivity index (χ2n) is 8.50. The molecule has 0 N–H and O–H groups in total. The Morgan fingerprint density at radius 2 is 1.26 bits per heavy atom. The molecule has 0 unspecified atom stereocenters. The maximum atomic E-state index is 11.9. The summed E-state index contributed by atoms with van der Waals surface area (Å²) in [6.07, 6.45) is 11.0. The van der Waals surface area contributed by atoms with E-state index >= 15 is 0 Å². The molecule has 0 fully saturated rings. The lowest BCUT2D eigenvalue weighted by atomic mass is 10.0. The van der Waals surface area contributed by atoms with Gasteiger partial charge in [0.2, 0.25) is 0 Å². The van der Waals surface area contributed by atoms with E-state index in [9.17, 15) is 9.59 Å². The molecule has 182 valence electrons. The number of carbonyl (C=O) groups excluding carboxylic acids is 2. The number of rotatable bonds is 18. The van der Waals surface area contributed by atoms with Crippen molar-refractivity contribution >= 4 is 20.3 Å². The average Bonchev–Trinajstić information content (AvgIpc) is 2.73. The molecule has 0 saturated heterocycles. The average molecular weight is 457 g/mol. The first-order valence-corrected chi connectivity index (χ1v) is 15.0. The molecule has 0 radical (unpaired) electrons. The third-order valence-corrected chi connectivity index (χ3v) is 10.7. The molecule has 0 saturated carbocycles. The maximum absolute atomic E-state index is 11.9. The van der Waals surface area contributed by atoms with Crippen LogP contribution in [-0.4, -0.2) is 38.6 Å². The van der Waals surface area contributed by atoms with E-state index in [4.69, 9.17) is 13.9 Å². The molecular formula is C25H48O5Si. The lowest BCUT2D eigenvalue weighted by Crippen LogP contribution is -2.45. The number of unbranched alkanes of at least 4 members (excludes halogenated alkanes) is 4. The maximum Gasteiger partial charge on any atom is 0.303 e. The van der Waals surface area contributed by atoms with Gasteiger partial charge in [0.15, 0.2) is 8.32 Å².